The number of nitrogens with zero attached hydrogens (tertiary/aromatic N) is 4. The second-order valence-electron chi connectivity index (χ2n) is 12.6. The molecule has 2 bridgehead atoms. The molecule has 4 aromatic rings. The Balaban J connectivity index is 1.29. The van der Waals surface area contributed by atoms with Crippen LogP contribution >= 0.6 is 0 Å². The van der Waals surface area contributed by atoms with E-state index >= 15 is 13.2 Å². The molecule has 2 unspecified atom stereocenters. The van der Waals surface area contributed by atoms with Crippen molar-refractivity contribution in [2.24, 2.45) is 0 Å². The Morgan fingerprint density at radius 2 is 1.77 bits per heavy atom. The molecule has 4 aliphatic heterocycles. The monoisotopic (exact) mass is 611 g/mol. The molecule has 0 aliphatic carbocycles. The molecule has 12 heteroatoms. The fraction of sp³-hybridized carbons (Fsp3) is 0.438. The standard InChI is InChI=1S/C32H30F5N5O2/c33-17-11-32(6-1-7-42(32)12-17)15-44-31-39-29-22(30(40-31)41-13-18-3-4-19(14-41)38-18)10-24(35)26(28(29)37)21-9-20(43)8-16-2-5-23(34)27(36)25(16)21/h2,5,8-10,17-19,38,43H,1,3-4,6-7,11-15H2/t17-,18?,19?,32+/m1/s1. The lowest BCUT2D eigenvalue weighted by Crippen LogP contribution is -2.51. The van der Waals surface area contributed by atoms with E-state index in [0.29, 0.717) is 31.9 Å². The van der Waals surface area contributed by atoms with Gasteiger partial charge in [-0.05, 0) is 61.9 Å². The third kappa shape index (κ3) is 4.36. The van der Waals surface area contributed by atoms with Crippen LogP contribution in [0.2, 0.25) is 0 Å². The molecule has 2 N–H and O–H groups in total. The number of hydrogen-bond acceptors (Lipinski definition) is 7. The molecule has 230 valence electrons. The Morgan fingerprint density at radius 3 is 2.57 bits per heavy atom. The van der Waals surface area contributed by atoms with Gasteiger partial charge >= 0.3 is 6.01 Å². The molecule has 3 aromatic carbocycles. The first kappa shape index (κ1) is 27.8. The van der Waals surface area contributed by atoms with Crippen LogP contribution in [0, 0.1) is 23.3 Å². The van der Waals surface area contributed by atoms with E-state index in [9.17, 15) is 13.9 Å². The Hall–Kier alpha value is -3.77. The largest absolute Gasteiger partial charge is 0.508 e. The van der Waals surface area contributed by atoms with Gasteiger partial charge in [0.1, 0.15) is 35.7 Å². The number of aromatic hydroxyl groups is 1. The first-order chi connectivity index (χ1) is 21.2. The number of halogens is 5. The van der Waals surface area contributed by atoms with E-state index in [2.05, 4.69) is 20.2 Å². The number of fused-ring (bicyclic) bond motifs is 5. The molecule has 0 spiro atoms. The molecule has 0 saturated carbocycles. The molecule has 5 heterocycles. The average molecular weight is 612 g/mol. The number of piperazine rings is 1. The van der Waals surface area contributed by atoms with Crippen molar-refractivity contribution in [3.63, 3.8) is 0 Å². The maximum absolute atomic E-state index is 16.6. The first-order valence-electron chi connectivity index (χ1n) is 15.0. The van der Waals surface area contributed by atoms with Crippen molar-refractivity contribution in [1.82, 2.24) is 20.2 Å². The summed E-state index contributed by atoms with van der Waals surface area (Å²) in [6.07, 6.45) is 2.96. The Labute approximate surface area is 249 Å². The second-order valence-corrected chi connectivity index (χ2v) is 12.6. The zero-order chi connectivity index (χ0) is 30.3. The highest BCUT2D eigenvalue weighted by Gasteiger charge is 2.49. The van der Waals surface area contributed by atoms with E-state index in [4.69, 9.17) is 4.74 Å². The zero-order valence-electron chi connectivity index (χ0n) is 23.7. The highest BCUT2D eigenvalue weighted by Crippen LogP contribution is 2.43. The molecule has 0 radical (unpaired) electrons. The molecule has 7 nitrogen and oxygen atoms in total. The molecule has 4 saturated heterocycles. The van der Waals surface area contributed by atoms with Gasteiger partial charge in [-0.3, -0.25) is 4.90 Å². The van der Waals surface area contributed by atoms with Crippen molar-refractivity contribution >= 4 is 27.5 Å². The molecule has 4 fully saturated rings. The normalized spacial score (nSPS) is 26.7. The summed E-state index contributed by atoms with van der Waals surface area (Å²) in [6, 6.07) is 5.68. The Morgan fingerprint density at radius 1 is 0.977 bits per heavy atom. The van der Waals surface area contributed by atoms with Crippen LogP contribution < -0.4 is 15.0 Å². The lowest BCUT2D eigenvalue weighted by molar-refractivity contribution is 0.107. The van der Waals surface area contributed by atoms with E-state index in [-0.39, 0.29) is 57.7 Å². The van der Waals surface area contributed by atoms with Gasteiger partial charge < -0.3 is 20.1 Å². The molecule has 4 atom stereocenters. The van der Waals surface area contributed by atoms with E-state index in [1.165, 1.54) is 12.1 Å². The molecular formula is C32H30F5N5O2. The maximum atomic E-state index is 16.6. The third-order valence-electron chi connectivity index (χ3n) is 9.85. The van der Waals surface area contributed by atoms with Crippen molar-refractivity contribution in [2.75, 3.05) is 37.7 Å². The van der Waals surface area contributed by atoms with Crippen molar-refractivity contribution in [2.45, 2.75) is 55.9 Å². The number of rotatable bonds is 5. The Kier molecular flexibility index (Phi) is 6.39. The quantitative estimate of drug-likeness (QED) is 0.285. The van der Waals surface area contributed by atoms with Crippen LogP contribution in [0.25, 0.3) is 32.8 Å². The van der Waals surface area contributed by atoms with E-state index in [0.717, 1.165) is 50.4 Å². The van der Waals surface area contributed by atoms with Crippen LogP contribution in [0.4, 0.5) is 27.8 Å². The van der Waals surface area contributed by atoms with E-state index in [1.807, 2.05) is 4.90 Å². The van der Waals surface area contributed by atoms with Crippen LogP contribution in [0.5, 0.6) is 11.8 Å². The SMILES string of the molecule is Oc1cc(-c2c(F)cc3c(N4CC5CCC(C4)N5)nc(OC[C@@]45CCCN4C[C@H](F)C5)nc3c2F)c2c(F)c(F)ccc2c1. The van der Waals surface area contributed by atoms with Gasteiger partial charge in [-0.1, -0.05) is 6.07 Å². The number of phenolic OH excluding ortho intramolecular Hbond substituents is 1. The number of phenols is 1. The third-order valence-corrected chi connectivity index (χ3v) is 9.85. The molecule has 1 aromatic heterocycles. The molecular weight excluding hydrogens is 581 g/mol. The minimum absolute atomic E-state index is 0.0737. The van der Waals surface area contributed by atoms with E-state index < -0.39 is 40.5 Å². The summed E-state index contributed by atoms with van der Waals surface area (Å²) in [5.41, 5.74) is -1.76. The number of hydrogen-bond donors (Lipinski definition) is 2. The van der Waals surface area contributed by atoms with Crippen molar-refractivity contribution in [1.29, 1.82) is 0 Å². The number of anilines is 1. The van der Waals surface area contributed by atoms with Crippen LogP contribution in [0.1, 0.15) is 32.1 Å². The van der Waals surface area contributed by atoms with Crippen LogP contribution in [0.3, 0.4) is 0 Å². The minimum Gasteiger partial charge on any atom is -0.508 e. The summed E-state index contributed by atoms with van der Waals surface area (Å²) >= 11 is 0. The zero-order valence-corrected chi connectivity index (χ0v) is 23.7. The highest BCUT2D eigenvalue weighted by molar-refractivity contribution is 6.02. The molecule has 44 heavy (non-hydrogen) atoms. The van der Waals surface area contributed by atoms with Crippen molar-refractivity contribution < 1.29 is 31.8 Å². The summed E-state index contributed by atoms with van der Waals surface area (Å²) in [6.45, 7) is 2.35. The molecule has 8 rings (SSSR count). The lowest BCUT2D eigenvalue weighted by atomic mass is 9.95. The average Bonchev–Trinajstić information content (AvgIpc) is 3.64. The molecule has 4 aliphatic rings. The van der Waals surface area contributed by atoms with Gasteiger partial charge in [-0.15, -0.1) is 0 Å². The summed E-state index contributed by atoms with van der Waals surface area (Å²) < 4.78 is 82.6. The predicted molar refractivity (Wildman–Crippen MR) is 155 cm³/mol. The van der Waals surface area contributed by atoms with Crippen LogP contribution in [-0.4, -0.2) is 76.6 Å². The number of alkyl halides is 1. The highest BCUT2D eigenvalue weighted by atomic mass is 19.2. The number of aromatic nitrogens is 2. The van der Waals surface area contributed by atoms with Crippen LogP contribution in [0.15, 0.2) is 30.3 Å². The summed E-state index contributed by atoms with van der Waals surface area (Å²) in [5, 5.41) is 13.7. The number of ether oxygens (including phenoxy) is 1. The van der Waals surface area contributed by atoms with Crippen LogP contribution in [-0.2, 0) is 0 Å². The summed E-state index contributed by atoms with van der Waals surface area (Å²) in [5.74, 6) is -4.70. The van der Waals surface area contributed by atoms with E-state index in [1.54, 1.807) is 0 Å². The van der Waals surface area contributed by atoms with Crippen molar-refractivity contribution in [3.05, 3.63) is 53.6 Å². The van der Waals surface area contributed by atoms with Gasteiger partial charge in [0.2, 0.25) is 0 Å². The summed E-state index contributed by atoms with van der Waals surface area (Å²) in [4.78, 5) is 13.1. The van der Waals surface area contributed by atoms with Gasteiger partial charge in [0.25, 0.3) is 0 Å². The predicted octanol–water partition coefficient (Wildman–Crippen LogP) is 5.61. The molecule has 0 amide bonds. The van der Waals surface area contributed by atoms with Crippen molar-refractivity contribution in [3.8, 4) is 22.9 Å². The fourth-order valence-corrected chi connectivity index (χ4v) is 7.91. The maximum Gasteiger partial charge on any atom is 0.319 e. The number of nitrogens with one attached hydrogen (secondary N) is 1. The summed E-state index contributed by atoms with van der Waals surface area (Å²) in [7, 11) is 0. The Bertz CT molecular complexity index is 1810. The van der Waals surface area contributed by atoms with Gasteiger partial charge in [0, 0.05) is 54.5 Å². The van der Waals surface area contributed by atoms with Gasteiger partial charge in [0.15, 0.2) is 17.5 Å². The van der Waals surface area contributed by atoms with Gasteiger partial charge in [0.05, 0.1) is 11.1 Å². The fourth-order valence-electron chi connectivity index (χ4n) is 7.91. The van der Waals surface area contributed by atoms with Gasteiger partial charge in [-0.2, -0.15) is 9.97 Å². The van der Waals surface area contributed by atoms with Gasteiger partial charge in [-0.25, -0.2) is 22.0 Å². The second kappa shape index (κ2) is 10.1. The topological polar surface area (TPSA) is 73.8 Å². The minimum atomic E-state index is -1.29. The lowest BCUT2D eigenvalue weighted by Gasteiger charge is -2.34. The number of benzene rings is 3. The first-order valence-corrected chi connectivity index (χ1v) is 15.0. The smallest absolute Gasteiger partial charge is 0.319 e.